The van der Waals surface area contributed by atoms with E-state index in [1.54, 1.807) is 12.1 Å². The maximum atomic E-state index is 11.8. The molecule has 1 atom stereocenters. The molecule has 0 saturated carbocycles. The van der Waals surface area contributed by atoms with Crippen LogP contribution in [0.4, 0.5) is 0 Å². The van der Waals surface area contributed by atoms with Crippen LogP contribution in [0.2, 0.25) is 5.02 Å². The van der Waals surface area contributed by atoms with E-state index in [2.05, 4.69) is 22.8 Å². The van der Waals surface area contributed by atoms with E-state index >= 15 is 0 Å². The molecule has 1 aromatic rings. The second-order valence-corrected chi connectivity index (χ2v) is 6.89. The summed E-state index contributed by atoms with van der Waals surface area (Å²) in [6.07, 6.45) is 4.84. The average Bonchev–Trinajstić information content (AvgIpc) is 2.60. The normalized spacial score (nSPS) is 16.7. The van der Waals surface area contributed by atoms with E-state index < -0.39 is 0 Å². The lowest BCUT2D eigenvalue weighted by Gasteiger charge is -2.19. The SMILES string of the molecule is CCCCCCNC(=O)COc1ccc(C2=NNC(=O)CC2C)cc1Cl. The average molecular weight is 380 g/mol. The van der Waals surface area contributed by atoms with Gasteiger partial charge in [-0.1, -0.05) is 44.7 Å². The van der Waals surface area contributed by atoms with Crippen LogP contribution in [0.15, 0.2) is 23.3 Å². The van der Waals surface area contributed by atoms with Gasteiger partial charge in [-0.15, -0.1) is 0 Å². The Hall–Kier alpha value is -2.08. The zero-order chi connectivity index (χ0) is 18.9. The van der Waals surface area contributed by atoms with Crippen molar-refractivity contribution in [2.24, 2.45) is 11.0 Å². The van der Waals surface area contributed by atoms with Gasteiger partial charge in [-0.2, -0.15) is 5.10 Å². The van der Waals surface area contributed by atoms with Gasteiger partial charge in [0.1, 0.15) is 5.75 Å². The van der Waals surface area contributed by atoms with Gasteiger partial charge in [0.2, 0.25) is 5.91 Å². The maximum Gasteiger partial charge on any atom is 0.257 e. The monoisotopic (exact) mass is 379 g/mol. The van der Waals surface area contributed by atoms with E-state index in [1.807, 2.05) is 13.0 Å². The lowest BCUT2D eigenvalue weighted by atomic mass is 9.94. The highest BCUT2D eigenvalue weighted by Gasteiger charge is 2.22. The number of nitrogens with one attached hydrogen (secondary N) is 2. The molecule has 0 radical (unpaired) electrons. The fourth-order valence-corrected chi connectivity index (χ4v) is 2.99. The molecule has 1 unspecified atom stereocenters. The fourth-order valence-electron chi connectivity index (χ4n) is 2.75. The molecule has 0 bridgehead atoms. The number of ether oxygens (including phenoxy) is 1. The Morgan fingerprint density at radius 1 is 1.38 bits per heavy atom. The van der Waals surface area contributed by atoms with Crippen LogP contribution in [0.25, 0.3) is 0 Å². The topological polar surface area (TPSA) is 79.8 Å². The molecule has 142 valence electrons. The van der Waals surface area contributed by atoms with Gasteiger partial charge in [0, 0.05) is 18.9 Å². The zero-order valence-corrected chi connectivity index (χ0v) is 16.1. The Bertz CT molecular complexity index is 676. The number of hydrogen-bond acceptors (Lipinski definition) is 4. The number of carbonyl (C=O) groups is 2. The number of halogens is 1. The van der Waals surface area contributed by atoms with Gasteiger partial charge >= 0.3 is 0 Å². The summed E-state index contributed by atoms with van der Waals surface area (Å²) >= 11 is 6.27. The highest BCUT2D eigenvalue weighted by molar-refractivity contribution is 6.32. The molecule has 26 heavy (non-hydrogen) atoms. The van der Waals surface area contributed by atoms with Crippen LogP contribution < -0.4 is 15.5 Å². The third-order valence-corrected chi connectivity index (χ3v) is 4.49. The second-order valence-electron chi connectivity index (χ2n) is 6.48. The van der Waals surface area contributed by atoms with Crippen LogP contribution in [0, 0.1) is 5.92 Å². The highest BCUT2D eigenvalue weighted by Crippen LogP contribution is 2.27. The first-order chi connectivity index (χ1) is 12.5. The lowest BCUT2D eigenvalue weighted by Crippen LogP contribution is -2.32. The second kappa shape index (κ2) is 10.2. The summed E-state index contributed by atoms with van der Waals surface area (Å²) in [5.41, 5.74) is 4.10. The van der Waals surface area contributed by atoms with Crippen molar-refractivity contribution < 1.29 is 14.3 Å². The van der Waals surface area contributed by atoms with E-state index in [1.165, 1.54) is 12.8 Å². The summed E-state index contributed by atoms with van der Waals surface area (Å²) in [6.45, 7) is 4.69. The van der Waals surface area contributed by atoms with Crippen molar-refractivity contribution in [3.63, 3.8) is 0 Å². The predicted molar refractivity (Wildman–Crippen MR) is 103 cm³/mol. The van der Waals surface area contributed by atoms with Crippen LogP contribution >= 0.6 is 11.6 Å². The number of amides is 2. The Balaban J connectivity index is 1.86. The first kappa shape index (κ1) is 20.2. The van der Waals surface area contributed by atoms with Gasteiger partial charge in [-0.25, -0.2) is 5.43 Å². The molecule has 0 aliphatic carbocycles. The van der Waals surface area contributed by atoms with Crippen LogP contribution in [-0.4, -0.2) is 30.7 Å². The molecular formula is C19H26ClN3O3. The summed E-state index contributed by atoms with van der Waals surface area (Å²) in [4.78, 5) is 23.2. The predicted octanol–water partition coefficient (Wildman–Crippen LogP) is 3.28. The fraction of sp³-hybridized carbons (Fsp3) is 0.526. The van der Waals surface area contributed by atoms with Gasteiger partial charge in [-0.3, -0.25) is 9.59 Å². The van der Waals surface area contributed by atoms with Crippen LogP contribution in [0.3, 0.4) is 0 Å². The van der Waals surface area contributed by atoms with Crippen molar-refractivity contribution in [1.29, 1.82) is 0 Å². The molecule has 1 aliphatic rings. The summed E-state index contributed by atoms with van der Waals surface area (Å²) in [5.74, 6) is 0.220. The van der Waals surface area contributed by atoms with E-state index in [9.17, 15) is 9.59 Å². The quantitative estimate of drug-likeness (QED) is 0.646. The van der Waals surface area contributed by atoms with E-state index in [-0.39, 0.29) is 24.3 Å². The van der Waals surface area contributed by atoms with E-state index in [4.69, 9.17) is 16.3 Å². The minimum atomic E-state index is -0.158. The van der Waals surface area contributed by atoms with Crippen molar-refractivity contribution in [2.75, 3.05) is 13.2 Å². The van der Waals surface area contributed by atoms with Crippen molar-refractivity contribution in [2.45, 2.75) is 46.0 Å². The molecule has 2 amide bonds. The molecule has 0 saturated heterocycles. The van der Waals surface area contributed by atoms with Crippen LogP contribution in [0.5, 0.6) is 5.75 Å². The molecule has 6 nitrogen and oxygen atoms in total. The van der Waals surface area contributed by atoms with Crippen molar-refractivity contribution in [1.82, 2.24) is 10.7 Å². The number of rotatable bonds is 9. The summed E-state index contributed by atoms with van der Waals surface area (Å²) < 4.78 is 5.51. The molecule has 7 heteroatoms. The van der Waals surface area contributed by atoms with Gasteiger partial charge < -0.3 is 10.1 Å². The molecule has 1 aromatic carbocycles. The third kappa shape index (κ3) is 6.02. The van der Waals surface area contributed by atoms with Crippen LogP contribution in [0.1, 0.15) is 51.5 Å². The summed E-state index contributed by atoms with van der Waals surface area (Å²) in [7, 11) is 0. The lowest BCUT2D eigenvalue weighted by molar-refractivity contribution is -0.123. The number of unbranched alkanes of at least 4 members (excludes halogenated alkanes) is 3. The molecular weight excluding hydrogens is 354 g/mol. The number of hydrogen-bond donors (Lipinski definition) is 2. The van der Waals surface area contributed by atoms with Crippen LogP contribution in [-0.2, 0) is 9.59 Å². The Morgan fingerprint density at radius 3 is 2.88 bits per heavy atom. The number of benzene rings is 1. The molecule has 0 fully saturated rings. The molecule has 2 N–H and O–H groups in total. The first-order valence-electron chi connectivity index (χ1n) is 9.07. The first-order valence-corrected chi connectivity index (χ1v) is 9.45. The number of nitrogens with zero attached hydrogens (tertiary/aromatic N) is 1. The van der Waals surface area contributed by atoms with Crippen molar-refractivity contribution in [3.8, 4) is 5.75 Å². The van der Waals surface area contributed by atoms with Gasteiger partial charge in [0.05, 0.1) is 10.7 Å². The Kier molecular flexibility index (Phi) is 7.91. The van der Waals surface area contributed by atoms with Gasteiger partial charge in [0.25, 0.3) is 5.91 Å². The summed E-state index contributed by atoms with van der Waals surface area (Å²) in [6, 6.07) is 5.29. The van der Waals surface area contributed by atoms with Crippen molar-refractivity contribution in [3.05, 3.63) is 28.8 Å². The minimum Gasteiger partial charge on any atom is -0.482 e. The molecule has 0 aromatic heterocycles. The molecule has 0 spiro atoms. The molecule has 2 rings (SSSR count). The van der Waals surface area contributed by atoms with Crippen molar-refractivity contribution >= 4 is 29.1 Å². The number of hydrazone groups is 1. The zero-order valence-electron chi connectivity index (χ0n) is 15.3. The minimum absolute atomic E-state index is 0.0186. The third-order valence-electron chi connectivity index (χ3n) is 4.20. The van der Waals surface area contributed by atoms with E-state index in [0.717, 1.165) is 24.1 Å². The maximum absolute atomic E-state index is 11.8. The highest BCUT2D eigenvalue weighted by atomic mass is 35.5. The molecule has 1 heterocycles. The summed E-state index contributed by atoms with van der Waals surface area (Å²) in [5, 5.41) is 7.36. The molecule has 1 aliphatic heterocycles. The smallest absolute Gasteiger partial charge is 0.257 e. The Morgan fingerprint density at radius 2 is 2.19 bits per heavy atom. The standard InChI is InChI=1S/C19H26ClN3O3/c1-3-4-5-6-9-21-18(25)12-26-16-8-7-14(11-15(16)20)19-13(2)10-17(24)22-23-19/h7-8,11,13H,3-6,9-10,12H2,1-2H3,(H,21,25)(H,22,24). The van der Waals surface area contributed by atoms with E-state index in [0.29, 0.717) is 23.7 Å². The van der Waals surface area contributed by atoms with Gasteiger partial charge in [0.15, 0.2) is 6.61 Å². The van der Waals surface area contributed by atoms with Gasteiger partial charge in [-0.05, 0) is 30.2 Å². The number of carbonyl (C=O) groups excluding carboxylic acids is 2. The Labute approximate surface area is 159 Å². The largest absolute Gasteiger partial charge is 0.482 e.